The maximum Gasteiger partial charge on any atom is 0.0113 e. The summed E-state index contributed by atoms with van der Waals surface area (Å²) in [6.45, 7) is 4.48. The number of hydrogen-bond acceptors (Lipinski definition) is 1. The summed E-state index contributed by atoms with van der Waals surface area (Å²) >= 11 is 1.99. The highest BCUT2D eigenvalue weighted by molar-refractivity contribution is 7.99. The second-order valence-electron chi connectivity index (χ2n) is 3.33. The van der Waals surface area contributed by atoms with Crippen LogP contribution in [-0.2, 0) is 0 Å². The Morgan fingerprint density at radius 2 is 1.69 bits per heavy atom. The topological polar surface area (TPSA) is 0 Å². The fraction of sp³-hybridized carbons (Fsp3) is 0.833. The average Bonchev–Trinajstić information content (AvgIpc) is 2.16. The molecule has 0 spiro atoms. The largest absolute Gasteiger partial charge is 0.158 e. The SMILES string of the molecule is CCCCCCC/C=C/CSCC. The first kappa shape index (κ1) is 13.1. The molecule has 0 unspecified atom stereocenters. The summed E-state index contributed by atoms with van der Waals surface area (Å²) in [5.41, 5.74) is 0. The van der Waals surface area contributed by atoms with Gasteiger partial charge in [-0.1, -0.05) is 51.7 Å². The van der Waals surface area contributed by atoms with E-state index in [1.165, 1.54) is 50.0 Å². The van der Waals surface area contributed by atoms with Crippen LogP contribution in [0.3, 0.4) is 0 Å². The van der Waals surface area contributed by atoms with Crippen molar-refractivity contribution in [1.82, 2.24) is 0 Å². The van der Waals surface area contributed by atoms with Gasteiger partial charge in [0.2, 0.25) is 0 Å². The molecule has 0 aliphatic carbocycles. The zero-order valence-corrected chi connectivity index (χ0v) is 10.0. The van der Waals surface area contributed by atoms with E-state index in [1.54, 1.807) is 0 Å². The van der Waals surface area contributed by atoms with E-state index >= 15 is 0 Å². The third-order valence-corrected chi connectivity index (χ3v) is 2.90. The van der Waals surface area contributed by atoms with Crippen molar-refractivity contribution in [1.29, 1.82) is 0 Å². The third kappa shape index (κ3) is 12.1. The lowest BCUT2D eigenvalue weighted by Crippen LogP contribution is -1.77. The van der Waals surface area contributed by atoms with Gasteiger partial charge in [0, 0.05) is 5.75 Å². The van der Waals surface area contributed by atoms with Gasteiger partial charge >= 0.3 is 0 Å². The Morgan fingerprint density at radius 1 is 0.923 bits per heavy atom. The third-order valence-electron chi connectivity index (χ3n) is 2.06. The first-order valence-corrected chi connectivity index (χ1v) is 6.80. The van der Waals surface area contributed by atoms with Crippen LogP contribution < -0.4 is 0 Å². The van der Waals surface area contributed by atoms with Crippen LogP contribution in [0.15, 0.2) is 12.2 Å². The van der Waals surface area contributed by atoms with Gasteiger partial charge in [-0.2, -0.15) is 11.8 Å². The molecule has 0 bridgehead atoms. The highest BCUT2D eigenvalue weighted by atomic mass is 32.2. The van der Waals surface area contributed by atoms with Crippen molar-refractivity contribution in [3.63, 3.8) is 0 Å². The molecule has 0 heterocycles. The van der Waals surface area contributed by atoms with E-state index in [-0.39, 0.29) is 0 Å². The Bertz CT molecular complexity index is 108. The van der Waals surface area contributed by atoms with Crippen molar-refractivity contribution in [3.05, 3.63) is 12.2 Å². The molecular weight excluding hydrogens is 176 g/mol. The van der Waals surface area contributed by atoms with E-state index in [2.05, 4.69) is 26.0 Å². The smallest absolute Gasteiger partial charge is 0.0113 e. The molecule has 1 heteroatoms. The van der Waals surface area contributed by atoms with Crippen LogP contribution in [0.4, 0.5) is 0 Å². The van der Waals surface area contributed by atoms with Gasteiger partial charge in [-0.05, 0) is 18.6 Å². The second-order valence-corrected chi connectivity index (χ2v) is 4.65. The predicted octanol–water partition coefficient (Wildman–Crippen LogP) is 4.66. The number of hydrogen-bond donors (Lipinski definition) is 0. The summed E-state index contributed by atoms with van der Waals surface area (Å²) in [5.74, 6) is 2.44. The minimum absolute atomic E-state index is 1.20. The van der Waals surface area contributed by atoms with Gasteiger partial charge in [-0.3, -0.25) is 0 Å². The van der Waals surface area contributed by atoms with E-state index in [0.29, 0.717) is 0 Å². The highest BCUT2D eigenvalue weighted by Crippen LogP contribution is 2.06. The summed E-state index contributed by atoms with van der Waals surface area (Å²) in [5, 5.41) is 0. The zero-order chi connectivity index (χ0) is 9.78. The minimum atomic E-state index is 1.20. The predicted molar refractivity (Wildman–Crippen MR) is 65.5 cm³/mol. The summed E-state index contributed by atoms with van der Waals surface area (Å²) in [6.07, 6.45) is 12.9. The molecule has 78 valence electrons. The van der Waals surface area contributed by atoms with Gasteiger partial charge in [-0.15, -0.1) is 0 Å². The van der Waals surface area contributed by atoms with Crippen LogP contribution >= 0.6 is 11.8 Å². The summed E-state index contributed by atoms with van der Waals surface area (Å²) in [7, 11) is 0. The van der Waals surface area contributed by atoms with E-state index in [1.807, 2.05) is 11.8 Å². The first-order valence-electron chi connectivity index (χ1n) is 5.64. The number of unbranched alkanes of at least 4 members (excludes halogenated alkanes) is 5. The molecule has 0 saturated heterocycles. The molecule has 0 amide bonds. The summed E-state index contributed by atoms with van der Waals surface area (Å²) < 4.78 is 0. The average molecular weight is 200 g/mol. The van der Waals surface area contributed by atoms with Gasteiger partial charge in [-0.25, -0.2) is 0 Å². The van der Waals surface area contributed by atoms with Crippen LogP contribution in [0, 0.1) is 0 Å². The second kappa shape index (κ2) is 12.1. The number of rotatable bonds is 9. The van der Waals surface area contributed by atoms with Crippen molar-refractivity contribution in [2.75, 3.05) is 11.5 Å². The molecule has 0 aromatic heterocycles. The monoisotopic (exact) mass is 200 g/mol. The molecule has 0 saturated carbocycles. The fourth-order valence-corrected chi connectivity index (χ4v) is 1.75. The quantitative estimate of drug-likeness (QED) is 0.385. The Kier molecular flexibility index (Phi) is 12.2. The lowest BCUT2D eigenvalue weighted by molar-refractivity contribution is 0.637. The Labute approximate surface area is 88.2 Å². The normalized spacial score (nSPS) is 11.2. The van der Waals surface area contributed by atoms with Crippen molar-refractivity contribution in [2.24, 2.45) is 0 Å². The number of thioether (sulfide) groups is 1. The van der Waals surface area contributed by atoms with Crippen LogP contribution in [-0.4, -0.2) is 11.5 Å². The molecule has 0 atom stereocenters. The minimum Gasteiger partial charge on any atom is -0.158 e. The molecule has 0 N–H and O–H groups in total. The molecule has 0 aliphatic rings. The summed E-state index contributed by atoms with van der Waals surface area (Å²) in [6, 6.07) is 0. The lowest BCUT2D eigenvalue weighted by Gasteiger charge is -1.96. The van der Waals surface area contributed by atoms with E-state index in [9.17, 15) is 0 Å². The zero-order valence-electron chi connectivity index (χ0n) is 9.22. The van der Waals surface area contributed by atoms with Crippen LogP contribution in [0.5, 0.6) is 0 Å². The van der Waals surface area contributed by atoms with Crippen molar-refractivity contribution < 1.29 is 0 Å². The lowest BCUT2D eigenvalue weighted by atomic mass is 10.1. The van der Waals surface area contributed by atoms with E-state index < -0.39 is 0 Å². The van der Waals surface area contributed by atoms with Gasteiger partial charge in [0.05, 0.1) is 0 Å². The first-order chi connectivity index (χ1) is 6.41. The molecule has 0 rings (SSSR count). The Hall–Kier alpha value is 0.0900. The molecule has 0 radical (unpaired) electrons. The summed E-state index contributed by atoms with van der Waals surface area (Å²) in [4.78, 5) is 0. The van der Waals surface area contributed by atoms with Gasteiger partial charge in [0.15, 0.2) is 0 Å². The molecule has 0 aliphatic heterocycles. The molecule has 0 aromatic carbocycles. The van der Waals surface area contributed by atoms with Crippen molar-refractivity contribution in [2.45, 2.75) is 52.4 Å². The molecule has 13 heavy (non-hydrogen) atoms. The maximum absolute atomic E-state index is 2.34. The standard InChI is InChI=1S/C12H24S/c1-3-5-6-7-8-9-10-11-12-13-4-2/h10-11H,3-9,12H2,1-2H3/b11-10+. The molecule has 0 nitrogen and oxygen atoms in total. The Balaban J connectivity index is 2.93. The van der Waals surface area contributed by atoms with Gasteiger partial charge in [0.25, 0.3) is 0 Å². The molecular formula is C12H24S. The maximum atomic E-state index is 2.34. The number of allylic oxidation sites excluding steroid dienone is 1. The van der Waals surface area contributed by atoms with E-state index in [4.69, 9.17) is 0 Å². The van der Waals surface area contributed by atoms with Crippen LogP contribution in [0.1, 0.15) is 52.4 Å². The van der Waals surface area contributed by atoms with Crippen molar-refractivity contribution >= 4 is 11.8 Å². The Morgan fingerprint density at radius 3 is 2.38 bits per heavy atom. The van der Waals surface area contributed by atoms with Crippen LogP contribution in [0.25, 0.3) is 0 Å². The van der Waals surface area contributed by atoms with Crippen LogP contribution in [0.2, 0.25) is 0 Å². The highest BCUT2D eigenvalue weighted by Gasteiger charge is 1.86. The molecule has 0 aromatic rings. The fourth-order valence-electron chi connectivity index (χ4n) is 1.24. The van der Waals surface area contributed by atoms with Gasteiger partial charge < -0.3 is 0 Å². The van der Waals surface area contributed by atoms with Gasteiger partial charge in [0.1, 0.15) is 0 Å². The molecule has 0 fully saturated rings. The van der Waals surface area contributed by atoms with Crippen molar-refractivity contribution in [3.8, 4) is 0 Å². The van der Waals surface area contributed by atoms with E-state index in [0.717, 1.165) is 0 Å².